The van der Waals surface area contributed by atoms with Crippen LogP contribution in [0.1, 0.15) is 0 Å². The van der Waals surface area contributed by atoms with Crippen LogP contribution in [0.25, 0.3) is 0 Å². The molecule has 64 valence electrons. The van der Waals surface area contributed by atoms with Crippen molar-refractivity contribution in [3.8, 4) is 5.75 Å². The second kappa shape index (κ2) is 9.23. The first kappa shape index (κ1) is 12.9. The molecule has 0 unspecified atom stereocenters. The largest absolute Gasteiger partial charge is 0.497 e. The fourth-order valence-corrected chi connectivity index (χ4v) is 0.557. The third kappa shape index (κ3) is 5.66. The maximum Gasteiger partial charge on any atom is 0.118 e. The van der Waals surface area contributed by atoms with E-state index in [2.05, 4.69) is 11.7 Å². The zero-order valence-corrected chi connectivity index (χ0v) is 7.17. The second-order valence-electron chi connectivity index (χ2n) is 1.52. The summed E-state index contributed by atoms with van der Waals surface area (Å²) >= 11 is 0. The summed E-state index contributed by atoms with van der Waals surface area (Å²) in [6, 6.07) is 9.68. The molecule has 0 aromatic heterocycles. The number of nitrogens with two attached hydrogens (primary N) is 2. The fraction of sp³-hybridized carbons (Fsp3) is 0.143. The van der Waals surface area contributed by atoms with Crippen molar-refractivity contribution in [2.24, 2.45) is 11.7 Å². The molecule has 0 saturated heterocycles. The van der Waals surface area contributed by atoms with Crippen LogP contribution in [0.3, 0.4) is 0 Å². The number of methoxy groups -OCH3 is 1. The smallest absolute Gasteiger partial charge is 0.118 e. The van der Waals surface area contributed by atoms with E-state index in [-0.39, 0.29) is 12.4 Å². The van der Waals surface area contributed by atoms with Crippen molar-refractivity contribution in [1.29, 1.82) is 0 Å². The second-order valence-corrected chi connectivity index (χ2v) is 1.52. The highest BCUT2D eigenvalue weighted by Gasteiger charge is 1.80. The molecule has 11 heavy (non-hydrogen) atoms. The van der Waals surface area contributed by atoms with Crippen LogP contribution in [-0.2, 0) is 0 Å². The van der Waals surface area contributed by atoms with Crippen LogP contribution in [0.2, 0.25) is 0 Å². The van der Waals surface area contributed by atoms with Crippen LogP contribution in [-0.4, -0.2) is 7.11 Å². The van der Waals surface area contributed by atoms with Crippen LogP contribution in [0, 0.1) is 0 Å². The van der Waals surface area contributed by atoms with Crippen molar-refractivity contribution in [2.45, 2.75) is 0 Å². The number of ether oxygens (including phenoxy) is 1. The molecule has 0 amide bonds. The van der Waals surface area contributed by atoms with Gasteiger partial charge in [-0.2, -0.15) is 0 Å². The number of hydrazine groups is 1. The third-order valence-corrected chi connectivity index (χ3v) is 0.979. The van der Waals surface area contributed by atoms with Gasteiger partial charge in [0.2, 0.25) is 0 Å². The van der Waals surface area contributed by atoms with Gasteiger partial charge < -0.3 is 4.74 Å². The van der Waals surface area contributed by atoms with Gasteiger partial charge in [-0.15, -0.1) is 12.4 Å². The van der Waals surface area contributed by atoms with Crippen LogP contribution in [0.5, 0.6) is 5.75 Å². The first-order chi connectivity index (χ1) is 4.93. The highest BCUT2D eigenvalue weighted by atomic mass is 35.5. The van der Waals surface area contributed by atoms with Gasteiger partial charge in [0.05, 0.1) is 7.11 Å². The van der Waals surface area contributed by atoms with Gasteiger partial charge in [-0.25, -0.2) is 0 Å². The Morgan fingerprint density at radius 1 is 1.09 bits per heavy atom. The summed E-state index contributed by atoms with van der Waals surface area (Å²) in [6.07, 6.45) is 0. The fourth-order valence-electron chi connectivity index (χ4n) is 0.557. The monoisotopic (exact) mass is 176 g/mol. The van der Waals surface area contributed by atoms with E-state index in [9.17, 15) is 0 Å². The molecule has 1 rings (SSSR count). The maximum atomic E-state index is 4.91. The normalized spacial score (nSPS) is 6.82. The summed E-state index contributed by atoms with van der Waals surface area (Å²) in [5, 5.41) is 0. The molecular formula is C7H13ClN2O. The van der Waals surface area contributed by atoms with E-state index in [1.54, 1.807) is 7.11 Å². The van der Waals surface area contributed by atoms with Crippen molar-refractivity contribution in [3.63, 3.8) is 0 Å². The molecule has 0 aliphatic heterocycles. The predicted molar refractivity (Wildman–Crippen MR) is 48.6 cm³/mol. The average Bonchev–Trinajstić information content (AvgIpc) is 2.10. The number of hydrogen-bond donors (Lipinski definition) is 2. The molecule has 3 nitrogen and oxygen atoms in total. The molecule has 0 bridgehead atoms. The van der Waals surface area contributed by atoms with E-state index < -0.39 is 0 Å². The lowest BCUT2D eigenvalue weighted by molar-refractivity contribution is 0.415. The molecule has 0 radical (unpaired) electrons. The Morgan fingerprint density at radius 3 is 1.82 bits per heavy atom. The Balaban J connectivity index is 0. The lowest BCUT2D eigenvalue weighted by Gasteiger charge is -1.93. The molecule has 0 aliphatic carbocycles. The number of hydrogen-bond acceptors (Lipinski definition) is 3. The Kier molecular flexibility index (Phi) is 10.8. The lowest BCUT2D eigenvalue weighted by atomic mass is 10.3. The van der Waals surface area contributed by atoms with Crippen LogP contribution < -0.4 is 16.4 Å². The topological polar surface area (TPSA) is 61.3 Å². The van der Waals surface area contributed by atoms with Crippen molar-refractivity contribution >= 4 is 12.4 Å². The Morgan fingerprint density at radius 2 is 1.55 bits per heavy atom. The number of benzene rings is 1. The van der Waals surface area contributed by atoms with Gasteiger partial charge in [-0.3, -0.25) is 11.7 Å². The molecule has 4 heteroatoms. The van der Waals surface area contributed by atoms with E-state index in [4.69, 9.17) is 4.74 Å². The van der Waals surface area contributed by atoms with E-state index in [0.717, 1.165) is 5.75 Å². The maximum absolute atomic E-state index is 4.91. The molecule has 0 aliphatic rings. The van der Waals surface area contributed by atoms with E-state index in [0.29, 0.717) is 0 Å². The molecule has 0 atom stereocenters. The zero-order chi connectivity index (χ0) is 7.82. The van der Waals surface area contributed by atoms with Crippen LogP contribution >= 0.6 is 12.4 Å². The number of rotatable bonds is 1. The summed E-state index contributed by atoms with van der Waals surface area (Å²) in [6.45, 7) is 0. The van der Waals surface area contributed by atoms with Gasteiger partial charge in [0.1, 0.15) is 5.75 Å². The minimum atomic E-state index is 0. The van der Waals surface area contributed by atoms with E-state index >= 15 is 0 Å². The number of para-hydroxylation sites is 1. The standard InChI is InChI=1S/C7H8O.ClH.H4N2/c1-8-7-5-3-2-4-6-7;;1-2/h2-6H,1H3;1H;1-2H2. The zero-order valence-electron chi connectivity index (χ0n) is 6.36. The molecule has 1 aromatic carbocycles. The molecule has 1 aromatic rings. The Hall–Kier alpha value is -0.770. The van der Waals surface area contributed by atoms with E-state index in [1.807, 2.05) is 30.3 Å². The van der Waals surface area contributed by atoms with Gasteiger partial charge in [0, 0.05) is 0 Å². The van der Waals surface area contributed by atoms with Crippen molar-refractivity contribution in [3.05, 3.63) is 30.3 Å². The minimum Gasteiger partial charge on any atom is -0.497 e. The summed E-state index contributed by atoms with van der Waals surface area (Å²) < 4.78 is 4.91. The van der Waals surface area contributed by atoms with Gasteiger partial charge in [0.15, 0.2) is 0 Å². The van der Waals surface area contributed by atoms with Crippen molar-refractivity contribution in [1.82, 2.24) is 0 Å². The van der Waals surface area contributed by atoms with Crippen molar-refractivity contribution < 1.29 is 4.74 Å². The quantitative estimate of drug-likeness (QED) is 0.495. The van der Waals surface area contributed by atoms with Gasteiger partial charge >= 0.3 is 0 Å². The summed E-state index contributed by atoms with van der Waals surface area (Å²) in [5.74, 6) is 8.91. The molecular weight excluding hydrogens is 164 g/mol. The van der Waals surface area contributed by atoms with Crippen molar-refractivity contribution in [2.75, 3.05) is 7.11 Å². The SMILES string of the molecule is COc1ccccc1.Cl.NN. The van der Waals surface area contributed by atoms with Gasteiger partial charge in [0.25, 0.3) is 0 Å². The minimum absolute atomic E-state index is 0. The van der Waals surface area contributed by atoms with Crippen LogP contribution in [0.4, 0.5) is 0 Å². The Labute approximate surface area is 72.7 Å². The molecule has 4 N–H and O–H groups in total. The number of halogens is 1. The molecule has 0 saturated carbocycles. The Bertz CT molecular complexity index is 158. The van der Waals surface area contributed by atoms with Crippen LogP contribution in [0.15, 0.2) is 30.3 Å². The summed E-state index contributed by atoms with van der Waals surface area (Å²) in [4.78, 5) is 0. The first-order valence-electron chi connectivity index (χ1n) is 2.86. The first-order valence-corrected chi connectivity index (χ1v) is 2.86. The third-order valence-electron chi connectivity index (χ3n) is 0.979. The van der Waals surface area contributed by atoms with Gasteiger partial charge in [-0.05, 0) is 12.1 Å². The highest BCUT2D eigenvalue weighted by Crippen LogP contribution is 2.05. The molecule has 0 spiro atoms. The summed E-state index contributed by atoms with van der Waals surface area (Å²) in [7, 11) is 1.66. The summed E-state index contributed by atoms with van der Waals surface area (Å²) in [5.41, 5.74) is 0. The molecule has 0 heterocycles. The predicted octanol–water partition coefficient (Wildman–Crippen LogP) is 0.936. The lowest BCUT2D eigenvalue weighted by Crippen LogP contribution is -2.02. The average molecular weight is 177 g/mol. The van der Waals surface area contributed by atoms with E-state index in [1.165, 1.54) is 0 Å². The highest BCUT2D eigenvalue weighted by molar-refractivity contribution is 5.85. The van der Waals surface area contributed by atoms with Gasteiger partial charge in [-0.1, -0.05) is 18.2 Å². The molecule has 0 fully saturated rings.